The van der Waals surface area contributed by atoms with Crippen molar-refractivity contribution >= 4 is 24.6 Å². The standard InChI is InChI=1S/C12H15N3OSi/c1-13-12-10(17(3,4)5)8-9-6-7-11(16-2)14-15(9)12/h6-8H,2-5H3. The molecule has 2 aromatic rings. The highest BCUT2D eigenvalue weighted by atomic mass is 28.3. The highest BCUT2D eigenvalue weighted by Crippen LogP contribution is 2.21. The molecule has 2 heterocycles. The van der Waals surface area contributed by atoms with Gasteiger partial charge in [-0.3, -0.25) is 0 Å². The summed E-state index contributed by atoms with van der Waals surface area (Å²) in [6.45, 7) is 14.0. The van der Waals surface area contributed by atoms with Gasteiger partial charge in [-0.15, -0.1) is 0 Å². The minimum atomic E-state index is -1.52. The molecule has 0 radical (unpaired) electrons. The maximum atomic E-state index is 7.34. The Morgan fingerprint density at radius 2 is 2.06 bits per heavy atom. The zero-order chi connectivity index (χ0) is 12.6. The van der Waals surface area contributed by atoms with Crippen molar-refractivity contribution in [1.82, 2.24) is 9.61 Å². The lowest BCUT2D eigenvalue weighted by Crippen LogP contribution is -2.36. The Morgan fingerprint density at radius 1 is 1.35 bits per heavy atom. The van der Waals surface area contributed by atoms with Crippen LogP contribution in [-0.2, 0) is 0 Å². The molecule has 0 atom stereocenters. The Kier molecular flexibility index (Phi) is 2.67. The van der Waals surface area contributed by atoms with Gasteiger partial charge in [-0.2, -0.15) is 4.52 Å². The topological polar surface area (TPSA) is 30.9 Å². The fourth-order valence-electron chi connectivity index (χ4n) is 1.79. The van der Waals surface area contributed by atoms with Gasteiger partial charge in [-0.25, -0.2) is 0 Å². The van der Waals surface area contributed by atoms with E-state index < -0.39 is 8.07 Å². The van der Waals surface area contributed by atoms with Crippen molar-refractivity contribution in [3.8, 4) is 5.88 Å². The lowest BCUT2D eigenvalue weighted by atomic mass is 10.4. The van der Waals surface area contributed by atoms with Crippen molar-refractivity contribution in [2.45, 2.75) is 19.6 Å². The fraction of sp³-hybridized carbons (Fsp3) is 0.333. The van der Waals surface area contributed by atoms with Crippen LogP contribution in [0.15, 0.2) is 18.2 Å². The maximum Gasteiger partial charge on any atom is 0.255 e. The highest BCUT2D eigenvalue weighted by molar-refractivity contribution is 6.89. The first kappa shape index (κ1) is 11.7. The minimum absolute atomic E-state index is 0.528. The molecule has 0 saturated heterocycles. The SMILES string of the molecule is [C-]#[N+]c1c([Si](C)(C)C)cc2ccc(OC)nn12. The number of fused-ring (bicyclic) bond motifs is 1. The molecule has 0 aliphatic rings. The third-order valence-electron chi connectivity index (χ3n) is 2.70. The van der Waals surface area contributed by atoms with Crippen LogP contribution in [0.25, 0.3) is 10.4 Å². The number of hydrogen-bond acceptors (Lipinski definition) is 2. The van der Waals surface area contributed by atoms with Crippen molar-refractivity contribution in [3.63, 3.8) is 0 Å². The Balaban J connectivity index is 2.78. The first-order valence-corrected chi connectivity index (χ1v) is 8.92. The average Bonchev–Trinajstić information content (AvgIpc) is 2.65. The summed E-state index contributed by atoms with van der Waals surface area (Å²) in [6, 6.07) is 5.83. The number of methoxy groups -OCH3 is 1. The molecule has 0 aromatic carbocycles. The molecule has 0 saturated carbocycles. The van der Waals surface area contributed by atoms with Crippen LogP contribution in [0.1, 0.15) is 0 Å². The summed E-state index contributed by atoms with van der Waals surface area (Å²) in [5.74, 6) is 1.15. The summed E-state index contributed by atoms with van der Waals surface area (Å²) in [5, 5.41) is 5.45. The van der Waals surface area contributed by atoms with Gasteiger partial charge in [0.15, 0.2) is 0 Å². The molecule has 0 N–H and O–H groups in total. The molecule has 4 nitrogen and oxygen atoms in total. The lowest BCUT2D eigenvalue weighted by molar-refractivity contribution is 0.390. The molecule has 0 aliphatic heterocycles. The van der Waals surface area contributed by atoms with Gasteiger partial charge < -0.3 is 9.58 Å². The second-order valence-corrected chi connectivity index (χ2v) is 9.99. The fourth-order valence-corrected chi connectivity index (χ4v) is 3.20. The summed E-state index contributed by atoms with van der Waals surface area (Å²) in [4.78, 5) is 3.63. The van der Waals surface area contributed by atoms with Crippen molar-refractivity contribution in [3.05, 3.63) is 29.6 Å². The molecular formula is C12H15N3OSi. The first-order valence-electron chi connectivity index (χ1n) is 5.42. The smallest absolute Gasteiger partial charge is 0.255 e. The number of rotatable bonds is 2. The molecule has 0 unspecified atom stereocenters. The minimum Gasteiger partial charge on any atom is -0.479 e. The second-order valence-electron chi connectivity index (χ2n) is 4.96. The Hall–Kier alpha value is -1.80. The van der Waals surface area contributed by atoms with Crippen LogP contribution in [-0.4, -0.2) is 24.8 Å². The van der Waals surface area contributed by atoms with Gasteiger partial charge in [0.2, 0.25) is 0 Å². The van der Waals surface area contributed by atoms with Crippen molar-refractivity contribution in [1.29, 1.82) is 0 Å². The second kappa shape index (κ2) is 3.89. The molecule has 2 aromatic heterocycles. The van der Waals surface area contributed by atoms with Crippen LogP contribution in [0.5, 0.6) is 5.88 Å². The van der Waals surface area contributed by atoms with Crippen LogP contribution < -0.4 is 9.92 Å². The Labute approximate surface area is 102 Å². The van der Waals surface area contributed by atoms with Gasteiger partial charge >= 0.3 is 0 Å². The van der Waals surface area contributed by atoms with Crippen molar-refractivity contribution in [2.24, 2.45) is 0 Å². The van der Waals surface area contributed by atoms with E-state index in [1.807, 2.05) is 12.1 Å². The van der Waals surface area contributed by atoms with E-state index in [0.717, 1.165) is 10.7 Å². The van der Waals surface area contributed by atoms with Gasteiger partial charge in [-0.1, -0.05) is 31.3 Å². The van der Waals surface area contributed by atoms with Crippen molar-refractivity contribution in [2.75, 3.05) is 7.11 Å². The van der Waals surface area contributed by atoms with E-state index in [2.05, 4.69) is 35.7 Å². The molecule has 2 rings (SSSR count). The lowest BCUT2D eigenvalue weighted by Gasteiger charge is -2.14. The predicted molar refractivity (Wildman–Crippen MR) is 71.0 cm³/mol. The predicted octanol–water partition coefficient (Wildman–Crippen LogP) is 2.44. The summed E-state index contributed by atoms with van der Waals surface area (Å²) in [7, 11) is 0.0531. The largest absolute Gasteiger partial charge is 0.479 e. The van der Waals surface area contributed by atoms with Crippen LogP contribution in [0.2, 0.25) is 19.6 Å². The third-order valence-corrected chi connectivity index (χ3v) is 4.68. The summed E-state index contributed by atoms with van der Waals surface area (Å²) in [5.41, 5.74) is 0.953. The number of nitrogens with zero attached hydrogens (tertiary/aromatic N) is 3. The number of hydrogen-bond donors (Lipinski definition) is 0. The Bertz CT molecular complexity index is 604. The van der Waals surface area contributed by atoms with E-state index in [4.69, 9.17) is 11.3 Å². The van der Waals surface area contributed by atoms with Crippen LogP contribution in [0.3, 0.4) is 0 Å². The highest BCUT2D eigenvalue weighted by Gasteiger charge is 2.24. The van der Waals surface area contributed by atoms with Gasteiger partial charge in [0, 0.05) is 6.07 Å². The molecule has 5 heteroatoms. The van der Waals surface area contributed by atoms with Gasteiger partial charge in [0.05, 0.1) is 15.2 Å². The van der Waals surface area contributed by atoms with E-state index in [1.165, 1.54) is 0 Å². The van der Waals surface area contributed by atoms with E-state index in [-0.39, 0.29) is 0 Å². The van der Waals surface area contributed by atoms with Crippen molar-refractivity contribution < 1.29 is 4.74 Å². The molecule has 0 aliphatic carbocycles. The van der Waals surface area contributed by atoms with Crippen LogP contribution in [0, 0.1) is 6.57 Å². The molecule has 0 fully saturated rings. The molecular weight excluding hydrogens is 230 g/mol. The molecule has 17 heavy (non-hydrogen) atoms. The summed E-state index contributed by atoms with van der Waals surface area (Å²) >= 11 is 0. The number of aromatic nitrogens is 2. The summed E-state index contributed by atoms with van der Waals surface area (Å²) in [6.07, 6.45) is 0. The summed E-state index contributed by atoms with van der Waals surface area (Å²) < 4.78 is 6.77. The third kappa shape index (κ3) is 1.92. The van der Waals surface area contributed by atoms with Gasteiger partial charge in [-0.05, 0) is 17.3 Å². The van der Waals surface area contributed by atoms with Gasteiger partial charge in [0.25, 0.3) is 11.7 Å². The zero-order valence-corrected chi connectivity index (χ0v) is 11.5. The Morgan fingerprint density at radius 3 is 2.59 bits per heavy atom. The van der Waals surface area contributed by atoms with Crippen LogP contribution in [0.4, 0.5) is 5.82 Å². The first-order chi connectivity index (χ1) is 7.97. The number of ether oxygens (including phenoxy) is 1. The zero-order valence-electron chi connectivity index (χ0n) is 10.5. The van der Waals surface area contributed by atoms with Crippen LogP contribution >= 0.6 is 0 Å². The monoisotopic (exact) mass is 245 g/mol. The maximum absolute atomic E-state index is 7.34. The average molecular weight is 245 g/mol. The quantitative estimate of drug-likeness (QED) is 0.601. The normalized spacial score (nSPS) is 11.5. The van der Waals surface area contributed by atoms with Gasteiger partial charge in [0.1, 0.15) is 5.52 Å². The van der Waals surface area contributed by atoms with E-state index >= 15 is 0 Å². The van der Waals surface area contributed by atoms with E-state index in [9.17, 15) is 0 Å². The molecule has 0 amide bonds. The van der Waals surface area contributed by atoms with E-state index in [0.29, 0.717) is 11.7 Å². The van der Waals surface area contributed by atoms with E-state index in [1.54, 1.807) is 11.6 Å². The molecule has 0 spiro atoms. The molecule has 88 valence electrons. The molecule has 0 bridgehead atoms.